The minimum absolute atomic E-state index is 0.675. The van der Waals surface area contributed by atoms with Gasteiger partial charge in [0, 0.05) is 25.1 Å². The average molecular weight is 282 g/mol. The van der Waals surface area contributed by atoms with Gasteiger partial charge in [-0.1, -0.05) is 18.2 Å². The molecule has 0 aliphatic carbocycles. The molecule has 0 saturated heterocycles. The Kier molecular flexibility index (Phi) is 7.22. The maximum atomic E-state index is 5.30. The summed E-state index contributed by atoms with van der Waals surface area (Å²) in [7, 11) is 5.98. The van der Waals surface area contributed by atoms with Gasteiger partial charge < -0.3 is 20.3 Å². The van der Waals surface area contributed by atoms with Crippen molar-refractivity contribution in [3.8, 4) is 5.75 Å². The molecule has 1 aromatic rings. The van der Waals surface area contributed by atoms with Gasteiger partial charge in [-0.05, 0) is 18.3 Å². The van der Waals surface area contributed by atoms with E-state index in [9.17, 15) is 0 Å². The SMILES string of the molecule is COc1ccccc1CNC(=S)NCCC[NH+](C)C. The predicted octanol–water partition coefficient (Wildman–Crippen LogP) is 0.194. The molecule has 0 unspecified atom stereocenters. The molecule has 4 nitrogen and oxygen atoms in total. The molecule has 0 fully saturated rings. The summed E-state index contributed by atoms with van der Waals surface area (Å²) in [6, 6.07) is 7.94. The molecule has 0 bridgehead atoms. The summed E-state index contributed by atoms with van der Waals surface area (Å²) in [5.74, 6) is 0.883. The van der Waals surface area contributed by atoms with Crippen molar-refractivity contribution in [1.82, 2.24) is 10.6 Å². The molecule has 0 aromatic heterocycles. The number of thiocarbonyl (C=S) groups is 1. The minimum atomic E-state index is 0.675. The van der Waals surface area contributed by atoms with E-state index < -0.39 is 0 Å². The standard InChI is InChI=1S/C14H23N3OS/c1-17(2)10-6-9-15-14(19)16-11-12-7-4-5-8-13(12)18-3/h4-5,7-8H,6,9-11H2,1-3H3,(H2,15,16,19)/p+1. The maximum Gasteiger partial charge on any atom is 0.166 e. The van der Waals surface area contributed by atoms with Gasteiger partial charge in [0.25, 0.3) is 0 Å². The third-order valence-electron chi connectivity index (χ3n) is 2.77. The Bertz CT molecular complexity index is 396. The van der Waals surface area contributed by atoms with Crippen LogP contribution in [0.1, 0.15) is 12.0 Å². The van der Waals surface area contributed by atoms with Crippen molar-refractivity contribution in [1.29, 1.82) is 0 Å². The third kappa shape index (κ3) is 6.40. The van der Waals surface area contributed by atoms with Gasteiger partial charge >= 0.3 is 0 Å². The van der Waals surface area contributed by atoms with E-state index in [0.29, 0.717) is 11.7 Å². The zero-order valence-electron chi connectivity index (χ0n) is 12.0. The van der Waals surface area contributed by atoms with E-state index in [1.807, 2.05) is 24.3 Å². The highest BCUT2D eigenvalue weighted by Gasteiger charge is 2.02. The molecule has 0 heterocycles. The van der Waals surface area contributed by atoms with Gasteiger partial charge in [-0.3, -0.25) is 0 Å². The monoisotopic (exact) mass is 282 g/mol. The van der Waals surface area contributed by atoms with Crippen LogP contribution in [-0.2, 0) is 6.54 Å². The van der Waals surface area contributed by atoms with Crippen LogP contribution in [0.15, 0.2) is 24.3 Å². The van der Waals surface area contributed by atoms with Crippen LogP contribution in [0.2, 0.25) is 0 Å². The lowest BCUT2D eigenvalue weighted by Gasteiger charge is -2.13. The number of methoxy groups -OCH3 is 1. The molecular weight excluding hydrogens is 258 g/mol. The summed E-state index contributed by atoms with van der Waals surface area (Å²) in [5, 5.41) is 7.10. The lowest BCUT2D eigenvalue weighted by atomic mass is 10.2. The number of quaternary nitrogens is 1. The van der Waals surface area contributed by atoms with Crippen molar-refractivity contribution in [3.63, 3.8) is 0 Å². The van der Waals surface area contributed by atoms with E-state index in [2.05, 4.69) is 24.7 Å². The second kappa shape index (κ2) is 8.72. The number of rotatable bonds is 7. The Morgan fingerprint density at radius 2 is 2.00 bits per heavy atom. The van der Waals surface area contributed by atoms with Crippen LogP contribution >= 0.6 is 12.2 Å². The van der Waals surface area contributed by atoms with Crippen molar-refractivity contribution in [3.05, 3.63) is 29.8 Å². The maximum absolute atomic E-state index is 5.30. The van der Waals surface area contributed by atoms with Crippen LogP contribution in [0.3, 0.4) is 0 Å². The van der Waals surface area contributed by atoms with Gasteiger partial charge in [0.2, 0.25) is 0 Å². The lowest BCUT2D eigenvalue weighted by Crippen LogP contribution is -3.05. The highest BCUT2D eigenvalue weighted by Crippen LogP contribution is 2.16. The van der Waals surface area contributed by atoms with Gasteiger partial charge in [0.1, 0.15) is 5.75 Å². The Balaban J connectivity index is 2.26. The largest absolute Gasteiger partial charge is 0.496 e. The summed E-state index contributed by atoms with van der Waals surface area (Å²) in [6.45, 7) is 2.72. The van der Waals surface area contributed by atoms with Crippen LogP contribution in [0.4, 0.5) is 0 Å². The average Bonchev–Trinajstić information content (AvgIpc) is 2.41. The van der Waals surface area contributed by atoms with Crippen molar-refractivity contribution < 1.29 is 9.64 Å². The van der Waals surface area contributed by atoms with E-state index in [4.69, 9.17) is 17.0 Å². The van der Waals surface area contributed by atoms with Crippen LogP contribution < -0.4 is 20.3 Å². The van der Waals surface area contributed by atoms with E-state index in [1.165, 1.54) is 4.90 Å². The van der Waals surface area contributed by atoms with Gasteiger partial charge in [-0.15, -0.1) is 0 Å². The first-order chi connectivity index (χ1) is 9.13. The molecule has 0 radical (unpaired) electrons. The second-order valence-corrected chi connectivity index (χ2v) is 5.14. The summed E-state index contributed by atoms with van der Waals surface area (Å²) in [6.07, 6.45) is 1.11. The second-order valence-electron chi connectivity index (χ2n) is 4.73. The summed E-state index contributed by atoms with van der Waals surface area (Å²) in [4.78, 5) is 1.45. The summed E-state index contributed by atoms with van der Waals surface area (Å²) in [5.41, 5.74) is 1.10. The van der Waals surface area contributed by atoms with E-state index in [-0.39, 0.29) is 0 Å². The van der Waals surface area contributed by atoms with Gasteiger partial charge in [-0.2, -0.15) is 0 Å². The zero-order chi connectivity index (χ0) is 14.1. The number of hydrogen-bond donors (Lipinski definition) is 3. The molecule has 0 saturated carbocycles. The number of ether oxygens (including phenoxy) is 1. The molecule has 5 heteroatoms. The molecule has 0 aliphatic rings. The van der Waals surface area contributed by atoms with Crippen LogP contribution in [0, 0.1) is 0 Å². The molecule has 19 heavy (non-hydrogen) atoms. The Morgan fingerprint density at radius 1 is 1.26 bits per heavy atom. The third-order valence-corrected chi connectivity index (χ3v) is 3.06. The first-order valence-electron chi connectivity index (χ1n) is 6.56. The minimum Gasteiger partial charge on any atom is -0.496 e. The fourth-order valence-corrected chi connectivity index (χ4v) is 1.91. The van der Waals surface area contributed by atoms with Crippen molar-refractivity contribution in [2.24, 2.45) is 0 Å². The molecule has 106 valence electrons. The molecule has 1 rings (SSSR count). The Labute approximate surface area is 121 Å². The highest BCUT2D eigenvalue weighted by atomic mass is 32.1. The smallest absolute Gasteiger partial charge is 0.166 e. The van der Waals surface area contributed by atoms with Crippen LogP contribution in [0.5, 0.6) is 5.75 Å². The quantitative estimate of drug-likeness (QED) is 0.493. The van der Waals surface area contributed by atoms with Gasteiger partial charge in [0.15, 0.2) is 5.11 Å². The van der Waals surface area contributed by atoms with E-state index >= 15 is 0 Å². The predicted molar refractivity (Wildman–Crippen MR) is 82.7 cm³/mol. The highest BCUT2D eigenvalue weighted by molar-refractivity contribution is 7.80. The topological polar surface area (TPSA) is 37.7 Å². The van der Waals surface area contributed by atoms with Gasteiger partial charge in [0.05, 0.1) is 27.7 Å². The normalized spacial score (nSPS) is 10.3. The number of hydrogen-bond acceptors (Lipinski definition) is 2. The molecule has 0 atom stereocenters. The Morgan fingerprint density at radius 3 is 2.68 bits per heavy atom. The van der Waals surface area contributed by atoms with Gasteiger partial charge in [-0.25, -0.2) is 0 Å². The number of para-hydroxylation sites is 1. The summed E-state index contributed by atoms with van der Waals surface area (Å²) >= 11 is 5.24. The van der Waals surface area contributed by atoms with Crippen molar-refractivity contribution in [2.75, 3.05) is 34.3 Å². The Hall–Kier alpha value is -1.33. The van der Waals surface area contributed by atoms with Crippen molar-refractivity contribution >= 4 is 17.3 Å². The number of nitrogens with one attached hydrogen (secondary N) is 3. The van der Waals surface area contributed by atoms with Crippen LogP contribution in [-0.4, -0.2) is 39.4 Å². The molecular formula is C14H24N3OS+. The molecule has 0 aliphatic heterocycles. The first-order valence-corrected chi connectivity index (χ1v) is 6.97. The molecule has 1 aromatic carbocycles. The molecule has 3 N–H and O–H groups in total. The molecule has 0 spiro atoms. The molecule has 0 amide bonds. The summed E-state index contributed by atoms with van der Waals surface area (Å²) < 4.78 is 5.30. The van der Waals surface area contributed by atoms with Crippen LogP contribution in [0.25, 0.3) is 0 Å². The van der Waals surface area contributed by atoms with E-state index in [0.717, 1.165) is 30.8 Å². The first kappa shape index (κ1) is 15.7. The van der Waals surface area contributed by atoms with E-state index in [1.54, 1.807) is 7.11 Å². The lowest BCUT2D eigenvalue weighted by molar-refractivity contribution is -0.858. The fourth-order valence-electron chi connectivity index (χ4n) is 1.73. The van der Waals surface area contributed by atoms with Crippen molar-refractivity contribution in [2.45, 2.75) is 13.0 Å². The number of benzene rings is 1. The fraction of sp³-hybridized carbons (Fsp3) is 0.500. The zero-order valence-corrected chi connectivity index (χ0v) is 12.8.